The summed E-state index contributed by atoms with van der Waals surface area (Å²) in [6.07, 6.45) is 21.2. The van der Waals surface area contributed by atoms with E-state index in [2.05, 4.69) is 19.1 Å². The lowest BCUT2D eigenvalue weighted by atomic mass is 10.1. The molecule has 0 amide bonds. The monoisotopic (exact) mass is 344 g/mol. The molecule has 144 valence electrons. The van der Waals surface area contributed by atoms with Crippen molar-refractivity contribution in [3.8, 4) is 0 Å². The third-order valence-corrected chi connectivity index (χ3v) is 3.75. The van der Waals surface area contributed by atoms with E-state index < -0.39 is 5.97 Å². The predicted molar refractivity (Wildman–Crippen MR) is 101 cm³/mol. The second-order valence-corrected chi connectivity index (χ2v) is 6.18. The molecular formula is C20H40O4. The van der Waals surface area contributed by atoms with Crippen LogP contribution in [0.5, 0.6) is 0 Å². The highest BCUT2D eigenvalue weighted by Gasteiger charge is 1.95. The van der Waals surface area contributed by atoms with Gasteiger partial charge in [0, 0.05) is 6.42 Å². The van der Waals surface area contributed by atoms with E-state index in [1.54, 1.807) is 0 Å². The first kappa shape index (κ1) is 25.4. The van der Waals surface area contributed by atoms with E-state index >= 15 is 0 Å². The van der Waals surface area contributed by atoms with Gasteiger partial charge < -0.3 is 15.3 Å². The number of carboxylic acids is 1. The smallest absolute Gasteiger partial charge is 0.303 e. The van der Waals surface area contributed by atoms with Gasteiger partial charge in [0.1, 0.15) is 0 Å². The number of aliphatic hydroxyl groups excluding tert-OH is 2. The standard InChI is InChI=1S/C18H34O2.C2H6O2/c1-2-3-4-5-6-7-8-9-10-11-12-13-14-15-16-17-18(19)20;3-1-2-4/h9-10H,2-8,11-17H2,1H3,(H,19,20);3-4H,1-2H2/b10-9+;. The largest absolute Gasteiger partial charge is 0.481 e. The van der Waals surface area contributed by atoms with Crippen molar-refractivity contribution in [1.29, 1.82) is 0 Å². The van der Waals surface area contributed by atoms with Gasteiger partial charge in [0.2, 0.25) is 0 Å². The molecule has 0 atom stereocenters. The first-order valence-corrected chi connectivity index (χ1v) is 9.77. The van der Waals surface area contributed by atoms with E-state index in [9.17, 15) is 4.79 Å². The minimum Gasteiger partial charge on any atom is -0.481 e. The third-order valence-electron chi connectivity index (χ3n) is 3.75. The summed E-state index contributed by atoms with van der Waals surface area (Å²) in [5.41, 5.74) is 0. The molecule has 0 saturated carbocycles. The molecule has 0 saturated heterocycles. The minimum atomic E-state index is -0.664. The molecule has 24 heavy (non-hydrogen) atoms. The molecule has 0 spiro atoms. The fourth-order valence-corrected chi connectivity index (χ4v) is 2.35. The van der Waals surface area contributed by atoms with E-state index in [4.69, 9.17) is 15.3 Å². The normalized spacial score (nSPS) is 10.6. The minimum absolute atomic E-state index is 0.125. The Labute approximate surface area is 149 Å². The first-order chi connectivity index (χ1) is 11.7. The van der Waals surface area contributed by atoms with Gasteiger partial charge in [-0.25, -0.2) is 0 Å². The molecule has 0 aromatic rings. The molecule has 0 heterocycles. The van der Waals surface area contributed by atoms with Crippen LogP contribution < -0.4 is 0 Å². The summed E-state index contributed by atoms with van der Waals surface area (Å²) in [5.74, 6) is -0.664. The van der Waals surface area contributed by atoms with Gasteiger partial charge in [-0.3, -0.25) is 4.79 Å². The number of carbonyl (C=O) groups is 1. The Hall–Kier alpha value is -0.870. The molecule has 0 fully saturated rings. The van der Waals surface area contributed by atoms with Crippen LogP contribution in [0.25, 0.3) is 0 Å². The second-order valence-electron chi connectivity index (χ2n) is 6.18. The lowest BCUT2D eigenvalue weighted by molar-refractivity contribution is -0.137. The van der Waals surface area contributed by atoms with Crippen LogP contribution in [-0.4, -0.2) is 34.5 Å². The molecule has 0 aliphatic heterocycles. The van der Waals surface area contributed by atoms with Crippen molar-refractivity contribution in [2.24, 2.45) is 0 Å². The molecular weight excluding hydrogens is 304 g/mol. The van der Waals surface area contributed by atoms with Gasteiger partial charge in [-0.2, -0.15) is 0 Å². The summed E-state index contributed by atoms with van der Waals surface area (Å²) in [4.78, 5) is 10.3. The van der Waals surface area contributed by atoms with E-state index in [1.165, 1.54) is 70.6 Å². The van der Waals surface area contributed by atoms with Crippen molar-refractivity contribution in [3.63, 3.8) is 0 Å². The summed E-state index contributed by atoms with van der Waals surface area (Å²) >= 11 is 0. The lowest BCUT2D eigenvalue weighted by Crippen LogP contribution is -1.93. The molecule has 4 nitrogen and oxygen atoms in total. The quantitative estimate of drug-likeness (QED) is 0.269. The van der Waals surface area contributed by atoms with Gasteiger partial charge in [0.05, 0.1) is 13.2 Å². The zero-order chi connectivity index (χ0) is 18.3. The summed E-state index contributed by atoms with van der Waals surface area (Å²) in [6.45, 7) is 2.01. The second kappa shape index (κ2) is 24.4. The Bertz CT molecular complexity index is 262. The maximum atomic E-state index is 10.3. The van der Waals surface area contributed by atoms with Gasteiger partial charge in [0.25, 0.3) is 0 Å². The van der Waals surface area contributed by atoms with Gasteiger partial charge in [-0.1, -0.05) is 70.4 Å². The van der Waals surface area contributed by atoms with E-state index in [0.717, 1.165) is 12.8 Å². The number of allylic oxidation sites excluding steroid dienone is 2. The molecule has 3 N–H and O–H groups in total. The molecule has 4 heteroatoms. The molecule has 0 aromatic carbocycles. The van der Waals surface area contributed by atoms with Crippen LogP contribution in [0, 0.1) is 0 Å². The molecule has 0 aliphatic carbocycles. The van der Waals surface area contributed by atoms with Crippen LogP contribution >= 0.6 is 0 Å². The average Bonchev–Trinajstić information content (AvgIpc) is 2.58. The zero-order valence-corrected chi connectivity index (χ0v) is 15.7. The number of hydrogen-bond donors (Lipinski definition) is 3. The van der Waals surface area contributed by atoms with Gasteiger partial charge in [0.15, 0.2) is 0 Å². The number of carboxylic acid groups (broad SMARTS) is 1. The maximum Gasteiger partial charge on any atom is 0.303 e. The highest BCUT2D eigenvalue weighted by molar-refractivity contribution is 5.66. The fraction of sp³-hybridized carbons (Fsp3) is 0.850. The van der Waals surface area contributed by atoms with Gasteiger partial charge in [-0.15, -0.1) is 0 Å². The Morgan fingerprint density at radius 1 is 0.708 bits per heavy atom. The first-order valence-electron chi connectivity index (χ1n) is 9.77. The van der Waals surface area contributed by atoms with Crippen LogP contribution in [0.4, 0.5) is 0 Å². The van der Waals surface area contributed by atoms with Crippen molar-refractivity contribution in [2.75, 3.05) is 13.2 Å². The van der Waals surface area contributed by atoms with Gasteiger partial charge >= 0.3 is 5.97 Å². The Balaban J connectivity index is 0. The van der Waals surface area contributed by atoms with Crippen molar-refractivity contribution in [3.05, 3.63) is 12.2 Å². The molecule has 0 bridgehead atoms. The summed E-state index contributed by atoms with van der Waals surface area (Å²) in [5, 5.41) is 23.8. The van der Waals surface area contributed by atoms with E-state index in [-0.39, 0.29) is 13.2 Å². The number of rotatable bonds is 16. The van der Waals surface area contributed by atoms with Crippen molar-refractivity contribution < 1.29 is 20.1 Å². The summed E-state index contributed by atoms with van der Waals surface area (Å²) < 4.78 is 0. The highest BCUT2D eigenvalue weighted by atomic mass is 16.4. The van der Waals surface area contributed by atoms with Crippen LogP contribution in [0.1, 0.15) is 96.8 Å². The summed E-state index contributed by atoms with van der Waals surface area (Å²) in [7, 11) is 0. The van der Waals surface area contributed by atoms with Crippen LogP contribution in [-0.2, 0) is 4.79 Å². The predicted octanol–water partition coefficient (Wildman–Crippen LogP) is 5.08. The van der Waals surface area contributed by atoms with Crippen molar-refractivity contribution >= 4 is 5.97 Å². The topological polar surface area (TPSA) is 77.8 Å². The molecule has 0 unspecified atom stereocenters. The average molecular weight is 345 g/mol. The molecule has 0 aliphatic rings. The Morgan fingerprint density at radius 2 is 1.12 bits per heavy atom. The number of hydrogen-bond acceptors (Lipinski definition) is 3. The van der Waals surface area contributed by atoms with Crippen LogP contribution in [0.2, 0.25) is 0 Å². The Morgan fingerprint density at radius 3 is 1.54 bits per heavy atom. The van der Waals surface area contributed by atoms with Crippen molar-refractivity contribution in [2.45, 2.75) is 96.8 Å². The SMILES string of the molecule is CCCCCCCC/C=C/CCCCCCCC(=O)O.OCCO. The van der Waals surface area contributed by atoms with E-state index in [0.29, 0.717) is 6.42 Å². The fourth-order valence-electron chi connectivity index (χ4n) is 2.35. The highest BCUT2D eigenvalue weighted by Crippen LogP contribution is 2.09. The number of aliphatic carboxylic acids is 1. The number of aliphatic hydroxyl groups is 2. The lowest BCUT2D eigenvalue weighted by Gasteiger charge is -1.99. The molecule has 0 aromatic heterocycles. The van der Waals surface area contributed by atoms with Crippen LogP contribution in [0.3, 0.4) is 0 Å². The molecule has 0 rings (SSSR count). The zero-order valence-electron chi connectivity index (χ0n) is 15.7. The van der Waals surface area contributed by atoms with Crippen LogP contribution in [0.15, 0.2) is 12.2 Å². The molecule has 0 radical (unpaired) electrons. The maximum absolute atomic E-state index is 10.3. The number of unbranched alkanes of at least 4 members (excludes halogenated alkanes) is 11. The van der Waals surface area contributed by atoms with E-state index in [1.807, 2.05) is 0 Å². The van der Waals surface area contributed by atoms with Crippen molar-refractivity contribution in [1.82, 2.24) is 0 Å². The summed E-state index contributed by atoms with van der Waals surface area (Å²) in [6, 6.07) is 0. The Kier molecular flexibility index (Phi) is 25.8. The van der Waals surface area contributed by atoms with Gasteiger partial charge in [-0.05, 0) is 32.1 Å². The third kappa shape index (κ3) is 29.2.